The van der Waals surface area contributed by atoms with Gasteiger partial charge in [-0.15, -0.1) is 9.84 Å². The number of nitrogens with one attached hydrogen (secondary N) is 2. The number of hydrogen-bond acceptors (Lipinski definition) is 9. The molecule has 2 aromatic carbocycles. The minimum absolute atomic E-state index is 0.0238. The summed E-state index contributed by atoms with van der Waals surface area (Å²) in [7, 11) is 0. The highest BCUT2D eigenvalue weighted by Crippen LogP contribution is 2.27. The monoisotopic (exact) mass is 553 g/mol. The molecule has 1 heterocycles. The fraction of sp³-hybridized carbons (Fsp3) is 0.296. The standard InChI is InChI=1S/C27H31N5O8/c33-22-11-10-19(30-31-21-8-4-3-7-20(21)26(37)38)17-18(22)9-12-23(34)28-15-5-1-2-6-16-29-27(39)40-32-24(35)13-14-25(32)36/h3-4,7-8,10-11,13-14,17,33,35-36H,1-2,5-6,9,12,15-16H2,(H,28,34)(H,29,39)(H,37,38). The van der Waals surface area contributed by atoms with Crippen LogP contribution in [0, 0.1) is 0 Å². The van der Waals surface area contributed by atoms with E-state index in [4.69, 9.17) is 4.84 Å². The van der Waals surface area contributed by atoms with E-state index < -0.39 is 23.8 Å². The van der Waals surface area contributed by atoms with Crippen LogP contribution in [-0.2, 0) is 11.2 Å². The highest BCUT2D eigenvalue weighted by atomic mass is 16.7. The van der Waals surface area contributed by atoms with E-state index in [0.717, 1.165) is 19.3 Å². The number of carboxylic acids is 1. The Kier molecular flexibility index (Phi) is 10.9. The normalized spacial score (nSPS) is 10.9. The molecule has 13 heteroatoms. The van der Waals surface area contributed by atoms with E-state index in [1.807, 2.05) is 0 Å². The molecule has 3 aromatic rings. The average Bonchev–Trinajstić information content (AvgIpc) is 3.25. The molecule has 13 nitrogen and oxygen atoms in total. The maximum Gasteiger partial charge on any atom is 0.432 e. The summed E-state index contributed by atoms with van der Waals surface area (Å²) in [5.41, 5.74) is 1.16. The van der Waals surface area contributed by atoms with Crippen LogP contribution >= 0.6 is 0 Å². The maximum absolute atomic E-state index is 12.2. The summed E-state index contributed by atoms with van der Waals surface area (Å²) >= 11 is 0. The van der Waals surface area contributed by atoms with Crippen LogP contribution in [0.1, 0.15) is 48.0 Å². The molecular formula is C27H31N5O8. The van der Waals surface area contributed by atoms with Crippen LogP contribution in [0.3, 0.4) is 0 Å². The molecule has 0 aliphatic rings. The van der Waals surface area contributed by atoms with Crippen molar-refractivity contribution in [3.8, 4) is 17.5 Å². The lowest BCUT2D eigenvalue weighted by Gasteiger charge is -2.09. The predicted molar refractivity (Wildman–Crippen MR) is 143 cm³/mol. The molecule has 0 aliphatic carbocycles. The van der Waals surface area contributed by atoms with Gasteiger partial charge in [-0.2, -0.15) is 5.11 Å². The number of aromatic carboxylic acids is 1. The van der Waals surface area contributed by atoms with E-state index in [1.165, 1.54) is 30.3 Å². The van der Waals surface area contributed by atoms with E-state index in [-0.39, 0.29) is 35.7 Å². The van der Waals surface area contributed by atoms with Gasteiger partial charge in [-0.3, -0.25) is 4.79 Å². The first-order valence-electron chi connectivity index (χ1n) is 12.6. The van der Waals surface area contributed by atoms with Crippen LogP contribution in [0.5, 0.6) is 17.5 Å². The summed E-state index contributed by atoms with van der Waals surface area (Å²) in [5, 5.41) is 51.7. The second-order valence-electron chi connectivity index (χ2n) is 8.75. The largest absolute Gasteiger partial charge is 0.508 e. The Balaban J connectivity index is 1.31. The van der Waals surface area contributed by atoms with E-state index in [1.54, 1.807) is 24.3 Å². The predicted octanol–water partition coefficient (Wildman–Crippen LogP) is 4.17. The van der Waals surface area contributed by atoms with Crippen molar-refractivity contribution >= 4 is 29.3 Å². The van der Waals surface area contributed by atoms with Gasteiger partial charge in [-0.25, -0.2) is 9.59 Å². The van der Waals surface area contributed by atoms with E-state index in [9.17, 15) is 34.8 Å². The van der Waals surface area contributed by atoms with Crippen molar-refractivity contribution in [2.75, 3.05) is 13.1 Å². The zero-order chi connectivity index (χ0) is 28.9. The second kappa shape index (κ2) is 14.8. The summed E-state index contributed by atoms with van der Waals surface area (Å²) in [6.45, 7) is 0.839. The number of phenols is 1. The Bertz CT molecular complexity index is 1330. The van der Waals surface area contributed by atoms with Gasteiger partial charge in [0.1, 0.15) is 11.4 Å². The molecular weight excluding hydrogens is 522 g/mol. The Hall–Kier alpha value is -5.07. The fourth-order valence-corrected chi connectivity index (χ4v) is 3.66. The Morgan fingerprint density at radius 2 is 1.50 bits per heavy atom. The topological polar surface area (TPSA) is 195 Å². The van der Waals surface area contributed by atoms with Crippen LogP contribution in [-0.4, -0.2) is 56.2 Å². The van der Waals surface area contributed by atoms with Crippen LogP contribution in [0.4, 0.5) is 16.2 Å². The lowest BCUT2D eigenvalue weighted by atomic mass is 10.1. The molecule has 0 radical (unpaired) electrons. The Labute approximate surface area is 229 Å². The zero-order valence-corrected chi connectivity index (χ0v) is 21.6. The number of carboxylic acid groups (broad SMARTS) is 1. The summed E-state index contributed by atoms with van der Waals surface area (Å²) in [6, 6.07) is 13.2. The molecule has 1 aromatic heterocycles. The van der Waals surface area contributed by atoms with Crippen molar-refractivity contribution in [1.82, 2.24) is 15.4 Å². The molecule has 6 N–H and O–H groups in total. The van der Waals surface area contributed by atoms with Gasteiger partial charge in [0, 0.05) is 31.6 Å². The van der Waals surface area contributed by atoms with Gasteiger partial charge >= 0.3 is 12.1 Å². The third kappa shape index (κ3) is 9.04. The highest BCUT2D eigenvalue weighted by molar-refractivity contribution is 5.93. The number of aromatic nitrogens is 1. The first-order chi connectivity index (χ1) is 19.2. The first-order valence-corrected chi connectivity index (χ1v) is 12.6. The van der Waals surface area contributed by atoms with Crippen LogP contribution in [0.2, 0.25) is 0 Å². The molecule has 2 amide bonds. The fourth-order valence-electron chi connectivity index (χ4n) is 3.66. The molecule has 212 valence electrons. The van der Waals surface area contributed by atoms with Gasteiger partial charge in [-0.1, -0.05) is 25.0 Å². The molecule has 3 rings (SSSR count). The van der Waals surface area contributed by atoms with Crippen molar-refractivity contribution in [3.63, 3.8) is 0 Å². The minimum atomic E-state index is -1.11. The molecule has 0 saturated heterocycles. The third-order valence-corrected chi connectivity index (χ3v) is 5.76. The second-order valence-corrected chi connectivity index (χ2v) is 8.75. The van der Waals surface area contributed by atoms with Gasteiger partial charge in [0.15, 0.2) is 0 Å². The number of carbonyl (C=O) groups excluding carboxylic acids is 2. The molecule has 0 aliphatic heterocycles. The average molecular weight is 554 g/mol. The lowest BCUT2D eigenvalue weighted by Crippen LogP contribution is -2.32. The summed E-state index contributed by atoms with van der Waals surface area (Å²) in [5.74, 6) is -2.05. The number of azo groups is 1. The number of aromatic hydroxyl groups is 3. The van der Waals surface area contributed by atoms with Gasteiger partial charge < -0.3 is 35.9 Å². The molecule has 0 atom stereocenters. The molecule has 0 saturated carbocycles. The van der Waals surface area contributed by atoms with Gasteiger partial charge in [-0.05, 0) is 55.2 Å². The van der Waals surface area contributed by atoms with Crippen molar-refractivity contribution in [2.45, 2.75) is 38.5 Å². The van der Waals surface area contributed by atoms with Crippen molar-refractivity contribution in [3.05, 3.63) is 65.7 Å². The first kappa shape index (κ1) is 29.5. The van der Waals surface area contributed by atoms with Crippen molar-refractivity contribution < 1.29 is 39.6 Å². The zero-order valence-electron chi connectivity index (χ0n) is 21.6. The third-order valence-electron chi connectivity index (χ3n) is 5.76. The molecule has 0 unspecified atom stereocenters. The molecule has 0 fully saturated rings. The number of aryl methyl sites for hydroxylation is 1. The summed E-state index contributed by atoms with van der Waals surface area (Å²) in [6.07, 6.45) is 2.71. The maximum atomic E-state index is 12.2. The SMILES string of the molecule is O=C(CCc1cc(N=Nc2ccccc2C(=O)O)ccc1O)NCCCCCCNC(=O)On1c(O)ccc1O. The van der Waals surface area contributed by atoms with Crippen LogP contribution in [0.25, 0.3) is 0 Å². The number of hydrogen-bond donors (Lipinski definition) is 6. The molecule has 0 spiro atoms. The van der Waals surface area contributed by atoms with E-state index in [0.29, 0.717) is 35.5 Å². The number of phenolic OH excluding ortho intramolecular Hbond substituents is 1. The lowest BCUT2D eigenvalue weighted by molar-refractivity contribution is -0.121. The van der Waals surface area contributed by atoms with E-state index in [2.05, 4.69) is 20.9 Å². The number of benzene rings is 2. The quantitative estimate of drug-likeness (QED) is 0.126. The van der Waals surface area contributed by atoms with Gasteiger partial charge in [0.2, 0.25) is 17.7 Å². The summed E-state index contributed by atoms with van der Waals surface area (Å²) in [4.78, 5) is 40.0. The number of unbranched alkanes of at least 4 members (excludes halogenated alkanes) is 3. The number of carbonyl (C=O) groups is 3. The minimum Gasteiger partial charge on any atom is -0.508 e. The number of amides is 2. The van der Waals surface area contributed by atoms with Crippen LogP contribution in [0.15, 0.2) is 64.8 Å². The van der Waals surface area contributed by atoms with Crippen molar-refractivity contribution in [1.29, 1.82) is 0 Å². The van der Waals surface area contributed by atoms with Crippen molar-refractivity contribution in [2.24, 2.45) is 10.2 Å². The smallest absolute Gasteiger partial charge is 0.432 e. The van der Waals surface area contributed by atoms with Crippen LogP contribution < -0.4 is 15.5 Å². The van der Waals surface area contributed by atoms with E-state index >= 15 is 0 Å². The number of rotatable bonds is 14. The van der Waals surface area contributed by atoms with Gasteiger partial charge in [0.25, 0.3) is 0 Å². The number of nitrogens with zero attached hydrogens (tertiary/aromatic N) is 3. The molecule has 0 bridgehead atoms. The highest BCUT2D eigenvalue weighted by Gasteiger charge is 2.12. The summed E-state index contributed by atoms with van der Waals surface area (Å²) < 4.78 is 0.603. The Morgan fingerprint density at radius 3 is 2.20 bits per heavy atom. The van der Waals surface area contributed by atoms with Gasteiger partial charge in [0.05, 0.1) is 11.3 Å². The molecule has 40 heavy (non-hydrogen) atoms. The Morgan fingerprint density at radius 1 is 0.825 bits per heavy atom.